The van der Waals surface area contributed by atoms with E-state index in [4.69, 9.17) is 0 Å². The predicted molar refractivity (Wildman–Crippen MR) is 110 cm³/mol. The maximum atomic E-state index is 12.9. The van der Waals surface area contributed by atoms with Crippen molar-refractivity contribution in [3.8, 4) is 11.1 Å². The van der Waals surface area contributed by atoms with Gasteiger partial charge in [-0.25, -0.2) is 0 Å². The van der Waals surface area contributed by atoms with Crippen molar-refractivity contribution in [2.75, 3.05) is 26.2 Å². The van der Waals surface area contributed by atoms with Gasteiger partial charge in [-0.3, -0.25) is 4.79 Å². The van der Waals surface area contributed by atoms with Crippen molar-refractivity contribution >= 4 is 5.91 Å². The van der Waals surface area contributed by atoms with E-state index < -0.39 is 0 Å². The third-order valence-electron chi connectivity index (χ3n) is 6.45. The molecule has 1 saturated carbocycles. The van der Waals surface area contributed by atoms with Gasteiger partial charge in [0.1, 0.15) is 0 Å². The highest BCUT2D eigenvalue weighted by Crippen LogP contribution is 2.22. The molecular weight excluding hydrogens is 332 g/mol. The number of nitrogens with one attached hydrogen (secondary N) is 1. The summed E-state index contributed by atoms with van der Waals surface area (Å²) in [6, 6.07) is 19.2. The van der Waals surface area contributed by atoms with Crippen molar-refractivity contribution in [2.45, 2.75) is 38.6 Å². The Bertz CT molecular complexity index is 748. The van der Waals surface area contributed by atoms with Crippen molar-refractivity contribution in [2.24, 2.45) is 5.92 Å². The largest absolute Gasteiger partial charge is 0.330 e. The van der Waals surface area contributed by atoms with Gasteiger partial charge in [0.25, 0.3) is 5.91 Å². The van der Waals surface area contributed by atoms with E-state index in [1.807, 2.05) is 35.2 Å². The molecule has 2 aliphatic rings. The van der Waals surface area contributed by atoms with Crippen LogP contribution in [-0.4, -0.2) is 43.0 Å². The van der Waals surface area contributed by atoms with Crippen LogP contribution in [0, 0.1) is 5.92 Å². The van der Waals surface area contributed by atoms with E-state index in [9.17, 15) is 4.79 Å². The van der Waals surface area contributed by atoms with Crippen LogP contribution in [0.4, 0.5) is 0 Å². The normalized spacial score (nSPS) is 24.0. The summed E-state index contributed by atoms with van der Waals surface area (Å²) in [7, 11) is 0. The molecule has 0 unspecified atom stereocenters. The monoisotopic (exact) mass is 363 g/mol. The molecule has 0 bridgehead atoms. The Hall–Kier alpha value is -2.13. The van der Waals surface area contributed by atoms with Crippen LogP contribution in [0.3, 0.4) is 0 Å². The summed E-state index contributed by atoms with van der Waals surface area (Å²) in [5.74, 6) is 1.06. The molecule has 2 fully saturated rings. The zero-order chi connectivity index (χ0) is 18.6. The van der Waals surface area contributed by atoms with E-state index in [2.05, 4.69) is 31.2 Å². The van der Waals surface area contributed by atoms with Gasteiger partial charge in [-0.1, -0.05) is 55.8 Å². The fourth-order valence-corrected chi connectivity index (χ4v) is 4.83. The maximum Gasteiger partial charge on any atom is 0.254 e. The molecule has 2 aromatic rings. The number of nitrogens with zero attached hydrogens (tertiary/aromatic N) is 1. The lowest BCUT2D eigenvalue weighted by atomic mass is 9.86. The minimum absolute atomic E-state index is 0.186. The molecule has 4 rings (SSSR count). The van der Waals surface area contributed by atoms with Gasteiger partial charge < -0.3 is 9.80 Å². The van der Waals surface area contributed by atoms with Gasteiger partial charge >= 0.3 is 0 Å². The number of rotatable bonds is 3. The molecule has 27 heavy (non-hydrogen) atoms. The van der Waals surface area contributed by atoms with Crippen molar-refractivity contribution < 1.29 is 9.69 Å². The van der Waals surface area contributed by atoms with Crippen molar-refractivity contribution in [1.29, 1.82) is 0 Å². The molecule has 1 N–H and O–H groups in total. The first-order valence-corrected chi connectivity index (χ1v) is 10.5. The van der Waals surface area contributed by atoms with E-state index in [1.54, 1.807) is 4.90 Å². The fraction of sp³-hybridized carbons (Fsp3) is 0.458. The van der Waals surface area contributed by atoms with E-state index in [0.29, 0.717) is 0 Å². The third-order valence-corrected chi connectivity index (χ3v) is 6.45. The van der Waals surface area contributed by atoms with Crippen LogP contribution >= 0.6 is 0 Å². The first-order chi connectivity index (χ1) is 13.2. The molecule has 1 heterocycles. The van der Waals surface area contributed by atoms with Gasteiger partial charge in [-0.2, -0.15) is 0 Å². The molecule has 142 valence electrons. The summed E-state index contributed by atoms with van der Waals surface area (Å²) in [6.07, 6.45) is 5.51. The fourth-order valence-electron chi connectivity index (χ4n) is 4.83. The molecule has 1 aliphatic carbocycles. The highest BCUT2D eigenvalue weighted by atomic mass is 16.2. The van der Waals surface area contributed by atoms with Crippen LogP contribution in [0.1, 0.15) is 43.0 Å². The van der Waals surface area contributed by atoms with Gasteiger partial charge in [0.2, 0.25) is 0 Å². The van der Waals surface area contributed by atoms with Gasteiger partial charge in [-0.05, 0) is 42.0 Å². The molecule has 3 heteroatoms. The number of quaternary nitrogens is 1. The number of hydrogen-bond acceptors (Lipinski definition) is 1. The number of piperazine rings is 1. The average molecular weight is 364 g/mol. The number of hydrogen-bond donors (Lipinski definition) is 1. The molecule has 1 saturated heterocycles. The van der Waals surface area contributed by atoms with Crippen molar-refractivity contribution in [3.63, 3.8) is 0 Å². The van der Waals surface area contributed by atoms with E-state index in [-0.39, 0.29) is 5.91 Å². The first kappa shape index (κ1) is 18.2. The highest BCUT2D eigenvalue weighted by Gasteiger charge is 2.32. The maximum absolute atomic E-state index is 12.9. The predicted octanol–water partition coefficient (Wildman–Crippen LogP) is 3.27. The Morgan fingerprint density at radius 2 is 1.59 bits per heavy atom. The topological polar surface area (TPSA) is 24.8 Å². The average Bonchev–Trinajstić information content (AvgIpc) is 2.74. The standard InChI is InChI=1S/C24H30N2O/c1-19-6-5-9-23(18-19)25-14-16-26(17-15-25)24(27)22-12-10-21(11-13-22)20-7-3-2-4-8-20/h2-4,7-8,10-13,19,23H,5-6,9,14-18H2,1H3/p+1/t19-,23+/m0/s1. The van der Waals surface area contributed by atoms with Crippen molar-refractivity contribution in [3.05, 3.63) is 60.2 Å². The Labute approximate surface area is 163 Å². The summed E-state index contributed by atoms with van der Waals surface area (Å²) < 4.78 is 0. The van der Waals surface area contributed by atoms with Crippen LogP contribution < -0.4 is 4.90 Å². The molecule has 1 aliphatic heterocycles. The number of carbonyl (C=O) groups excluding carboxylic acids is 1. The zero-order valence-electron chi connectivity index (χ0n) is 16.4. The summed E-state index contributed by atoms with van der Waals surface area (Å²) in [6.45, 7) is 6.37. The summed E-state index contributed by atoms with van der Waals surface area (Å²) in [5, 5.41) is 0. The lowest BCUT2D eigenvalue weighted by Gasteiger charge is -2.39. The summed E-state index contributed by atoms with van der Waals surface area (Å²) >= 11 is 0. The Kier molecular flexibility index (Phi) is 5.58. The molecule has 1 amide bonds. The third kappa shape index (κ3) is 4.24. The lowest BCUT2D eigenvalue weighted by molar-refractivity contribution is -0.930. The molecule has 3 nitrogen and oxygen atoms in total. The quantitative estimate of drug-likeness (QED) is 0.889. The molecule has 2 aromatic carbocycles. The van der Waals surface area contributed by atoms with Crippen molar-refractivity contribution in [1.82, 2.24) is 4.90 Å². The second-order valence-corrected chi connectivity index (χ2v) is 8.36. The first-order valence-electron chi connectivity index (χ1n) is 10.5. The highest BCUT2D eigenvalue weighted by molar-refractivity contribution is 5.94. The van der Waals surface area contributed by atoms with E-state index >= 15 is 0 Å². The SMILES string of the molecule is C[C@H]1CCC[C@@H]([NH+]2CCN(C(=O)c3ccc(-c4ccccc4)cc3)CC2)C1. The van der Waals surface area contributed by atoms with Crippen LogP contribution in [-0.2, 0) is 0 Å². The number of carbonyl (C=O) groups is 1. The van der Waals surface area contributed by atoms with Crippen LogP contribution in [0.2, 0.25) is 0 Å². The zero-order valence-corrected chi connectivity index (χ0v) is 16.4. The van der Waals surface area contributed by atoms with Gasteiger partial charge in [0.05, 0.1) is 32.2 Å². The Morgan fingerprint density at radius 3 is 2.26 bits per heavy atom. The lowest BCUT2D eigenvalue weighted by Crippen LogP contribution is -3.18. The number of benzene rings is 2. The molecule has 0 radical (unpaired) electrons. The molecule has 0 aromatic heterocycles. The molecular formula is C24H31N2O+. The van der Waals surface area contributed by atoms with Crippen LogP contribution in [0.5, 0.6) is 0 Å². The van der Waals surface area contributed by atoms with E-state index in [0.717, 1.165) is 49.3 Å². The van der Waals surface area contributed by atoms with Crippen LogP contribution in [0.15, 0.2) is 54.6 Å². The van der Waals surface area contributed by atoms with Gasteiger partial charge in [0.15, 0.2) is 0 Å². The molecule has 0 spiro atoms. The summed E-state index contributed by atoms with van der Waals surface area (Å²) in [4.78, 5) is 16.7. The Balaban J connectivity index is 1.35. The van der Waals surface area contributed by atoms with Gasteiger partial charge in [-0.15, -0.1) is 0 Å². The summed E-state index contributed by atoms with van der Waals surface area (Å²) in [5.41, 5.74) is 3.16. The van der Waals surface area contributed by atoms with E-state index in [1.165, 1.54) is 31.2 Å². The minimum atomic E-state index is 0.186. The smallest absolute Gasteiger partial charge is 0.254 e. The minimum Gasteiger partial charge on any atom is -0.330 e. The van der Waals surface area contributed by atoms with Gasteiger partial charge in [0, 0.05) is 12.0 Å². The number of amides is 1. The second kappa shape index (κ2) is 8.26. The molecule has 2 atom stereocenters. The second-order valence-electron chi connectivity index (χ2n) is 8.36. The Morgan fingerprint density at radius 1 is 0.926 bits per heavy atom. The van der Waals surface area contributed by atoms with Crippen LogP contribution in [0.25, 0.3) is 11.1 Å².